The lowest BCUT2D eigenvalue weighted by atomic mass is 9.90. The third-order valence-corrected chi connectivity index (χ3v) is 4.49. The number of nitrogens with two attached hydrogens (primary N) is 1. The molecular weight excluding hydrogens is 282 g/mol. The summed E-state index contributed by atoms with van der Waals surface area (Å²) in [6.07, 6.45) is 4.17. The van der Waals surface area contributed by atoms with E-state index in [1.54, 1.807) is 0 Å². The first-order valence-corrected chi connectivity index (χ1v) is 8.07. The second-order valence-corrected chi connectivity index (χ2v) is 7.43. The lowest BCUT2D eigenvalue weighted by molar-refractivity contribution is 0.567. The lowest BCUT2D eigenvalue weighted by Gasteiger charge is -2.28. The Morgan fingerprint density at radius 2 is 1.78 bits per heavy atom. The Kier molecular flexibility index (Phi) is 3.67. The zero-order chi connectivity index (χ0) is 16.8. The fourth-order valence-corrected chi connectivity index (χ4v) is 2.83. The molecule has 1 aliphatic heterocycles. The second kappa shape index (κ2) is 5.41. The van der Waals surface area contributed by atoms with E-state index in [0.29, 0.717) is 0 Å². The molecule has 0 saturated carbocycles. The highest BCUT2D eigenvalue weighted by molar-refractivity contribution is 5.74. The minimum absolute atomic E-state index is 0.0680. The Bertz CT molecular complexity index is 782. The van der Waals surface area contributed by atoms with E-state index in [9.17, 15) is 0 Å². The van der Waals surface area contributed by atoms with Crippen LogP contribution < -0.4 is 10.6 Å². The summed E-state index contributed by atoms with van der Waals surface area (Å²) in [5.74, 6) is 0. The van der Waals surface area contributed by atoms with E-state index in [4.69, 9.17) is 10.7 Å². The van der Waals surface area contributed by atoms with Crippen molar-refractivity contribution < 1.29 is 0 Å². The van der Waals surface area contributed by atoms with E-state index in [-0.39, 0.29) is 5.41 Å². The summed E-state index contributed by atoms with van der Waals surface area (Å²) in [5.41, 5.74) is 14.1. The fraction of sp³-hybridized carbons (Fsp3) is 0.350. The smallest absolute Gasteiger partial charge is 0.0697 e. The molecule has 0 amide bonds. The van der Waals surface area contributed by atoms with Crippen LogP contribution in [0.25, 0.3) is 6.08 Å². The van der Waals surface area contributed by atoms with Gasteiger partial charge in [-0.15, -0.1) is 0 Å². The Morgan fingerprint density at radius 1 is 1.09 bits per heavy atom. The van der Waals surface area contributed by atoms with Crippen LogP contribution in [-0.2, 0) is 12.0 Å². The van der Waals surface area contributed by atoms with Gasteiger partial charge >= 0.3 is 0 Å². The van der Waals surface area contributed by atoms with Crippen LogP contribution in [0.5, 0.6) is 0 Å². The largest absolute Gasteiger partial charge is 0.397 e. The Balaban J connectivity index is 1.95. The van der Waals surface area contributed by atoms with Gasteiger partial charge in [-0.25, -0.2) is 0 Å². The van der Waals surface area contributed by atoms with Crippen LogP contribution in [0.4, 0.5) is 11.4 Å². The lowest BCUT2D eigenvalue weighted by Crippen LogP contribution is -2.22. The minimum atomic E-state index is 0.0680. The molecule has 2 heterocycles. The maximum atomic E-state index is 6.23. The summed E-state index contributed by atoms with van der Waals surface area (Å²) in [7, 11) is 0. The summed E-state index contributed by atoms with van der Waals surface area (Å²) >= 11 is 0. The van der Waals surface area contributed by atoms with Crippen molar-refractivity contribution in [1.82, 2.24) is 4.98 Å². The van der Waals surface area contributed by atoms with E-state index in [1.165, 1.54) is 16.7 Å². The molecule has 0 bridgehead atoms. The molecule has 0 unspecified atom stereocenters. The normalized spacial score (nSPS) is 14.0. The number of pyridine rings is 1. The molecule has 3 nitrogen and oxygen atoms in total. The first-order chi connectivity index (χ1) is 10.8. The summed E-state index contributed by atoms with van der Waals surface area (Å²) < 4.78 is 0. The number of nitrogens with zero attached hydrogens (tertiary/aromatic N) is 2. The molecule has 0 fully saturated rings. The Labute approximate surface area is 138 Å². The number of aromatic nitrogens is 1. The van der Waals surface area contributed by atoms with Crippen molar-refractivity contribution in [1.29, 1.82) is 0 Å². The van der Waals surface area contributed by atoms with Gasteiger partial charge in [-0.2, -0.15) is 0 Å². The van der Waals surface area contributed by atoms with Gasteiger partial charge < -0.3 is 10.6 Å². The first-order valence-electron chi connectivity index (χ1n) is 8.07. The van der Waals surface area contributed by atoms with Crippen molar-refractivity contribution in [3.8, 4) is 0 Å². The predicted octanol–water partition coefficient (Wildman–Crippen LogP) is 4.57. The van der Waals surface area contributed by atoms with Gasteiger partial charge in [-0.05, 0) is 54.8 Å². The van der Waals surface area contributed by atoms with Gasteiger partial charge in [0, 0.05) is 23.9 Å². The van der Waals surface area contributed by atoms with Crippen LogP contribution in [0, 0.1) is 13.8 Å². The molecule has 1 aromatic carbocycles. The van der Waals surface area contributed by atoms with Crippen molar-refractivity contribution >= 4 is 17.5 Å². The van der Waals surface area contributed by atoms with E-state index in [1.807, 2.05) is 0 Å². The van der Waals surface area contributed by atoms with Crippen molar-refractivity contribution in [2.45, 2.75) is 46.6 Å². The van der Waals surface area contributed by atoms with Gasteiger partial charge in [0.25, 0.3) is 0 Å². The molecule has 0 saturated heterocycles. The number of benzene rings is 1. The number of nitrogen functional groups attached to an aromatic ring is 1. The molecule has 1 aliphatic rings. The van der Waals surface area contributed by atoms with E-state index >= 15 is 0 Å². The highest BCUT2D eigenvalue weighted by atomic mass is 15.1. The van der Waals surface area contributed by atoms with Crippen LogP contribution in [0.2, 0.25) is 0 Å². The van der Waals surface area contributed by atoms with Crippen molar-refractivity contribution in [3.63, 3.8) is 0 Å². The predicted molar refractivity (Wildman–Crippen MR) is 98.5 cm³/mol. The van der Waals surface area contributed by atoms with Crippen molar-refractivity contribution in [2.24, 2.45) is 0 Å². The molecule has 23 heavy (non-hydrogen) atoms. The summed E-state index contributed by atoms with van der Waals surface area (Å²) in [6.45, 7) is 11.6. The van der Waals surface area contributed by atoms with E-state index in [0.717, 1.165) is 29.3 Å². The number of hydrogen-bond acceptors (Lipinski definition) is 3. The van der Waals surface area contributed by atoms with Crippen molar-refractivity contribution in [3.05, 3.63) is 58.5 Å². The molecule has 3 heteroatoms. The van der Waals surface area contributed by atoms with Gasteiger partial charge in [-0.1, -0.05) is 26.8 Å². The van der Waals surface area contributed by atoms with Gasteiger partial charge in [-0.3, -0.25) is 4.98 Å². The molecule has 0 spiro atoms. The molecule has 0 aliphatic carbocycles. The summed E-state index contributed by atoms with van der Waals surface area (Å²) in [6, 6.07) is 8.54. The number of rotatable bonds is 1. The summed E-state index contributed by atoms with van der Waals surface area (Å²) in [5, 5.41) is 0. The maximum absolute atomic E-state index is 6.23. The number of hydrogen-bond donors (Lipinski definition) is 1. The van der Waals surface area contributed by atoms with Crippen LogP contribution >= 0.6 is 0 Å². The van der Waals surface area contributed by atoms with Crippen LogP contribution in [0.15, 0.2) is 30.5 Å². The van der Waals surface area contributed by atoms with Gasteiger partial charge in [0.2, 0.25) is 0 Å². The van der Waals surface area contributed by atoms with Gasteiger partial charge in [0.15, 0.2) is 0 Å². The molecule has 120 valence electrons. The average molecular weight is 307 g/mol. The quantitative estimate of drug-likeness (QED) is 0.785. The summed E-state index contributed by atoms with van der Waals surface area (Å²) in [4.78, 5) is 7.02. The maximum Gasteiger partial charge on any atom is 0.0697 e. The highest BCUT2D eigenvalue weighted by Gasteiger charge is 2.20. The molecule has 1 aromatic heterocycles. The average Bonchev–Trinajstić information content (AvgIpc) is 2.49. The third kappa shape index (κ3) is 2.96. The first kappa shape index (κ1) is 15.6. The molecule has 2 N–H and O–H groups in total. The van der Waals surface area contributed by atoms with E-state index < -0.39 is 0 Å². The number of fused-ring (bicyclic) bond motifs is 1. The molecule has 0 radical (unpaired) electrons. The Hall–Kier alpha value is -2.29. The van der Waals surface area contributed by atoms with Gasteiger partial charge in [0.05, 0.1) is 17.1 Å². The standard InChI is InChI=1S/C20H25N3/c1-13-10-16(21)18(11-14(13)2)23-9-8-17-15(12-23)6-7-19(22-17)20(3,4)5/h6-11H,12,21H2,1-5H3. The van der Waals surface area contributed by atoms with Crippen LogP contribution in [0.3, 0.4) is 0 Å². The van der Waals surface area contributed by atoms with Crippen LogP contribution in [0.1, 0.15) is 48.8 Å². The second-order valence-electron chi connectivity index (χ2n) is 7.43. The Morgan fingerprint density at radius 3 is 2.48 bits per heavy atom. The number of anilines is 2. The fourth-order valence-electron chi connectivity index (χ4n) is 2.83. The topological polar surface area (TPSA) is 42.1 Å². The third-order valence-electron chi connectivity index (χ3n) is 4.49. The molecule has 0 atom stereocenters. The molecule has 3 rings (SSSR count). The van der Waals surface area contributed by atoms with Crippen LogP contribution in [-0.4, -0.2) is 4.98 Å². The van der Waals surface area contributed by atoms with Gasteiger partial charge in [0.1, 0.15) is 0 Å². The zero-order valence-corrected chi connectivity index (χ0v) is 14.6. The van der Waals surface area contributed by atoms with Crippen molar-refractivity contribution in [2.75, 3.05) is 10.6 Å². The van der Waals surface area contributed by atoms with E-state index in [2.05, 4.69) is 76.1 Å². The monoisotopic (exact) mass is 307 g/mol. The SMILES string of the molecule is Cc1cc(N)c(N2C=Cc3nc(C(C)(C)C)ccc3C2)cc1C. The minimum Gasteiger partial charge on any atom is -0.397 e. The molecular formula is C20H25N3. The number of aryl methyl sites for hydroxylation is 2. The zero-order valence-electron chi connectivity index (χ0n) is 14.6. The molecule has 2 aromatic rings. The highest BCUT2D eigenvalue weighted by Crippen LogP contribution is 2.32.